The number of nitrogens with zero attached hydrogens (tertiary/aromatic N) is 1. The van der Waals surface area contributed by atoms with Gasteiger partial charge in [0.05, 0.1) is 11.8 Å². The average molecular weight is 189 g/mol. The summed E-state index contributed by atoms with van der Waals surface area (Å²) in [5.41, 5.74) is 0.796. The minimum atomic E-state index is -0.269. The summed E-state index contributed by atoms with van der Waals surface area (Å²) < 4.78 is 5.19. The second-order valence-electron chi connectivity index (χ2n) is 3.58. The molecule has 0 N–H and O–H groups in total. The van der Waals surface area contributed by atoms with E-state index in [1.807, 2.05) is 25.1 Å². The predicted octanol–water partition coefficient (Wildman–Crippen LogP) is 2.55. The average Bonchev–Trinajstić information content (AvgIpc) is 2.77. The van der Waals surface area contributed by atoms with E-state index in [0.717, 1.165) is 24.2 Å². The van der Waals surface area contributed by atoms with Crippen molar-refractivity contribution in [2.24, 2.45) is 4.99 Å². The molecule has 3 nitrogen and oxygen atoms in total. The van der Waals surface area contributed by atoms with Gasteiger partial charge in [-0.05, 0) is 43.5 Å². The zero-order chi connectivity index (χ0) is 10.0. The summed E-state index contributed by atoms with van der Waals surface area (Å²) in [6.07, 6.45) is 7.06. The molecule has 0 spiro atoms. The lowest BCUT2D eigenvalue weighted by Gasteiger charge is -2.06. The number of hydrogen-bond acceptors (Lipinski definition) is 3. The molecular formula is C11H11NO2. The monoisotopic (exact) mass is 189 g/mol. The van der Waals surface area contributed by atoms with Crippen molar-refractivity contribution in [2.45, 2.75) is 25.3 Å². The molecule has 0 unspecified atom stereocenters. The molecule has 0 radical (unpaired) electrons. The molecule has 2 rings (SSSR count). The van der Waals surface area contributed by atoms with Crippen LogP contribution >= 0.6 is 0 Å². The number of furan rings is 1. The van der Waals surface area contributed by atoms with Crippen molar-refractivity contribution in [3.8, 4) is 0 Å². The minimum Gasteiger partial charge on any atom is -0.465 e. The van der Waals surface area contributed by atoms with Crippen molar-refractivity contribution >= 4 is 12.2 Å². The van der Waals surface area contributed by atoms with Crippen LogP contribution in [0.3, 0.4) is 0 Å². The van der Waals surface area contributed by atoms with E-state index in [1.165, 1.54) is 0 Å². The summed E-state index contributed by atoms with van der Waals surface area (Å²) in [5, 5.41) is 0. The fourth-order valence-electron chi connectivity index (χ4n) is 1.52. The molecule has 1 aromatic heterocycles. The van der Waals surface area contributed by atoms with Gasteiger partial charge in [-0.25, -0.2) is 4.79 Å². The molecule has 72 valence electrons. The summed E-state index contributed by atoms with van der Waals surface area (Å²) in [4.78, 5) is 14.1. The number of carbonyl (C=O) groups excluding carboxylic acids is 1. The summed E-state index contributed by atoms with van der Waals surface area (Å²) in [6.45, 7) is 1.97. The van der Waals surface area contributed by atoms with Gasteiger partial charge < -0.3 is 4.42 Å². The molecule has 1 saturated carbocycles. The Morgan fingerprint density at radius 3 is 3.00 bits per heavy atom. The Morgan fingerprint density at radius 2 is 2.50 bits per heavy atom. The molecule has 1 fully saturated rings. The van der Waals surface area contributed by atoms with E-state index in [2.05, 4.69) is 4.99 Å². The highest BCUT2D eigenvalue weighted by Crippen LogP contribution is 2.46. The van der Waals surface area contributed by atoms with Gasteiger partial charge in [-0.1, -0.05) is 0 Å². The molecule has 1 aliphatic carbocycles. The summed E-state index contributed by atoms with van der Waals surface area (Å²) >= 11 is 0. The third kappa shape index (κ3) is 1.54. The van der Waals surface area contributed by atoms with Crippen molar-refractivity contribution in [1.82, 2.24) is 0 Å². The maximum absolute atomic E-state index is 10.2. The fourth-order valence-corrected chi connectivity index (χ4v) is 1.52. The van der Waals surface area contributed by atoms with Crippen LogP contribution in [0.15, 0.2) is 33.4 Å². The summed E-state index contributed by atoms with van der Waals surface area (Å²) in [6, 6.07) is 3.71. The Bertz CT molecular complexity index is 393. The number of hydrogen-bond donors (Lipinski definition) is 0. The first-order valence-corrected chi connectivity index (χ1v) is 4.58. The fraction of sp³-hybridized carbons (Fsp3) is 0.364. The molecule has 0 saturated heterocycles. The molecule has 0 bridgehead atoms. The molecule has 3 heteroatoms. The Balaban J connectivity index is 2.23. The predicted molar refractivity (Wildman–Crippen MR) is 52.4 cm³/mol. The van der Waals surface area contributed by atoms with Gasteiger partial charge in [-0.2, -0.15) is 4.99 Å². The van der Waals surface area contributed by atoms with Crippen molar-refractivity contribution in [3.63, 3.8) is 0 Å². The van der Waals surface area contributed by atoms with Crippen molar-refractivity contribution in [3.05, 3.63) is 29.7 Å². The van der Waals surface area contributed by atoms with Gasteiger partial charge in [0.1, 0.15) is 5.76 Å². The van der Waals surface area contributed by atoms with E-state index >= 15 is 0 Å². The molecule has 0 atom stereocenters. The van der Waals surface area contributed by atoms with E-state index in [0.29, 0.717) is 0 Å². The van der Waals surface area contributed by atoms with Crippen molar-refractivity contribution < 1.29 is 9.21 Å². The molecule has 14 heavy (non-hydrogen) atoms. The van der Waals surface area contributed by atoms with Gasteiger partial charge >= 0.3 is 0 Å². The lowest BCUT2D eigenvalue weighted by atomic mass is 10.1. The van der Waals surface area contributed by atoms with Gasteiger partial charge in [0.25, 0.3) is 0 Å². The van der Waals surface area contributed by atoms with Crippen LogP contribution in [-0.2, 0) is 4.79 Å². The quantitative estimate of drug-likeness (QED) is 0.541. The molecular weight excluding hydrogens is 178 g/mol. The lowest BCUT2D eigenvalue weighted by Crippen LogP contribution is -2.05. The second kappa shape index (κ2) is 3.28. The van der Waals surface area contributed by atoms with E-state index in [-0.39, 0.29) is 5.54 Å². The molecule has 0 aliphatic heterocycles. The van der Waals surface area contributed by atoms with Gasteiger partial charge in [-0.3, -0.25) is 0 Å². The van der Waals surface area contributed by atoms with E-state index < -0.39 is 0 Å². The van der Waals surface area contributed by atoms with E-state index in [4.69, 9.17) is 4.42 Å². The van der Waals surface area contributed by atoms with Crippen molar-refractivity contribution in [2.75, 3.05) is 0 Å². The third-order valence-electron chi connectivity index (χ3n) is 2.62. The third-order valence-corrected chi connectivity index (χ3v) is 2.62. The normalized spacial score (nSPS) is 18.8. The maximum Gasteiger partial charge on any atom is 0.235 e. The molecule has 0 aromatic carbocycles. The summed E-state index contributed by atoms with van der Waals surface area (Å²) in [7, 11) is 0. The van der Waals surface area contributed by atoms with Crippen LogP contribution < -0.4 is 0 Å². The first-order chi connectivity index (χ1) is 6.77. The topological polar surface area (TPSA) is 42.6 Å². The Hall–Kier alpha value is -1.60. The highest BCUT2D eigenvalue weighted by Gasteiger charge is 2.44. The van der Waals surface area contributed by atoms with Crippen LogP contribution in [0.5, 0.6) is 0 Å². The zero-order valence-electron chi connectivity index (χ0n) is 7.99. The van der Waals surface area contributed by atoms with Gasteiger partial charge in [0, 0.05) is 0 Å². The van der Waals surface area contributed by atoms with Crippen LogP contribution in [0.2, 0.25) is 0 Å². The van der Waals surface area contributed by atoms with E-state index in [1.54, 1.807) is 12.3 Å². The minimum absolute atomic E-state index is 0.269. The number of isocyanates is 1. The maximum atomic E-state index is 10.2. The highest BCUT2D eigenvalue weighted by atomic mass is 16.3. The largest absolute Gasteiger partial charge is 0.465 e. The van der Waals surface area contributed by atoms with Gasteiger partial charge in [-0.15, -0.1) is 0 Å². The first kappa shape index (κ1) is 8.97. The van der Waals surface area contributed by atoms with Gasteiger partial charge in [0.15, 0.2) is 0 Å². The first-order valence-electron chi connectivity index (χ1n) is 4.58. The number of aliphatic imine (C=N–C) groups is 1. The van der Waals surface area contributed by atoms with Gasteiger partial charge in [0.2, 0.25) is 6.08 Å². The molecule has 0 amide bonds. The van der Waals surface area contributed by atoms with Crippen LogP contribution in [0.25, 0.3) is 6.08 Å². The van der Waals surface area contributed by atoms with Crippen LogP contribution in [0, 0.1) is 0 Å². The smallest absolute Gasteiger partial charge is 0.235 e. The van der Waals surface area contributed by atoms with Crippen LogP contribution in [0.4, 0.5) is 0 Å². The van der Waals surface area contributed by atoms with E-state index in [9.17, 15) is 4.79 Å². The SMILES string of the molecule is C/C(=C\c1ccco1)C1(N=C=O)CC1. The lowest BCUT2D eigenvalue weighted by molar-refractivity contribution is 0.553. The standard InChI is InChI=1S/C11H11NO2/c1-9(7-10-3-2-6-14-10)11(4-5-11)12-8-13/h2-3,6-7H,4-5H2,1H3/b9-7+. The van der Waals surface area contributed by atoms with Crippen LogP contribution in [-0.4, -0.2) is 11.6 Å². The Labute approximate surface area is 82.1 Å². The molecule has 1 aromatic rings. The molecule has 1 heterocycles. The number of rotatable bonds is 3. The Kier molecular flexibility index (Phi) is 2.10. The summed E-state index contributed by atoms with van der Waals surface area (Å²) in [5.74, 6) is 0.801. The second-order valence-corrected chi connectivity index (χ2v) is 3.58. The Morgan fingerprint density at radius 1 is 1.71 bits per heavy atom. The highest BCUT2D eigenvalue weighted by molar-refractivity contribution is 5.54. The van der Waals surface area contributed by atoms with Crippen LogP contribution in [0.1, 0.15) is 25.5 Å². The zero-order valence-corrected chi connectivity index (χ0v) is 7.99. The van der Waals surface area contributed by atoms with Crippen molar-refractivity contribution in [1.29, 1.82) is 0 Å². The molecule has 1 aliphatic rings.